The van der Waals surface area contributed by atoms with Crippen molar-refractivity contribution in [2.24, 2.45) is 17.6 Å². The van der Waals surface area contributed by atoms with E-state index in [0.717, 1.165) is 47.5 Å². The van der Waals surface area contributed by atoms with E-state index in [4.69, 9.17) is 5.73 Å². The first-order valence-corrected chi connectivity index (χ1v) is 13.8. The van der Waals surface area contributed by atoms with Gasteiger partial charge in [-0.3, -0.25) is 0 Å². The Hall–Kier alpha value is -3.43. The number of hydrogen-bond acceptors (Lipinski definition) is 5. The molecule has 37 heavy (non-hydrogen) atoms. The minimum Gasteiger partial charge on any atom is -0.478 e. The molecular formula is C28H33N5O3S. The Labute approximate surface area is 219 Å². The lowest BCUT2D eigenvalue weighted by Gasteiger charge is -2.23. The number of nitrogens with zero attached hydrogens (tertiary/aromatic N) is 3. The molecule has 3 aromatic rings. The van der Waals surface area contributed by atoms with Crippen LogP contribution in [0.2, 0.25) is 0 Å². The van der Waals surface area contributed by atoms with E-state index in [1.165, 1.54) is 6.20 Å². The normalized spacial score (nSPS) is 23.8. The Morgan fingerprint density at radius 1 is 1.27 bits per heavy atom. The molecule has 2 aliphatic rings. The Morgan fingerprint density at radius 2 is 2.08 bits per heavy atom. The molecule has 194 valence electrons. The van der Waals surface area contributed by atoms with Crippen LogP contribution < -0.4 is 11.1 Å². The molecule has 5 rings (SSSR count). The van der Waals surface area contributed by atoms with Crippen LogP contribution >= 0.6 is 0 Å². The van der Waals surface area contributed by atoms with Crippen molar-refractivity contribution in [1.82, 2.24) is 19.4 Å². The van der Waals surface area contributed by atoms with Crippen LogP contribution in [0, 0.1) is 11.8 Å². The lowest BCUT2D eigenvalue weighted by Crippen LogP contribution is -2.29. The predicted octanol–water partition coefficient (Wildman–Crippen LogP) is 3.80. The molecule has 1 saturated carbocycles. The molecule has 0 spiro atoms. The summed E-state index contributed by atoms with van der Waals surface area (Å²) in [5, 5.41) is 17.3. The van der Waals surface area contributed by atoms with Gasteiger partial charge in [-0.1, -0.05) is 43.7 Å². The molecule has 0 saturated heterocycles. The highest BCUT2D eigenvalue weighted by Crippen LogP contribution is 2.51. The van der Waals surface area contributed by atoms with Gasteiger partial charge < -0.3 is 16.2 Å². The van der Waals surface area contributed by atoms with Gasteiger partial charge >= 0.3 is 5.97 Å². The van der Waals surface area contributed by atoms with E-state index in [1.54, 1.807) is 17.9 Å². The molecule has 8 nitrogen and oxygen atoms in total. The summed E-state index contributed by atoms with van der Waals surface area (Å²) < 4.78 is 17.4. The Kier molecular flexibility index (Phi) is 7.17. The maximum atomic E-state index is 13.6. The van der Waals surface area contributed by atoms with Gasteiger partial charge in [0.25, 0.3) is 0 Å². The lowest BCUT2D eigenvalue weighted by molar-refractivity contribution is 0.0695. The van der Waals surface area contributed by atoms with Gasteiger partial charge in [0.05, 0.1) is 22.5 Å². The van der Waals surface area contributed by atoms with E-state index in [9.17, 15) is 14.1 Å². The second-order valence-corrected chi connectivity index (χ2v) is 11.3. The highest BCUT2D eigenvalue weighted by molar-refractivity contribution is 7.82. The van der Waals surface area contributed by atoms with Crippen LogP contribution in [0.4, 0.5) is 0 Å². The fraction of sp³-hybridized carbons (Fsp3) is 0.357. The van der Waals surface area contributed by atoms with Crippen molar-refractivity contribution in [3.63, 3.8) is 0 Å². The lowest BCUT2D eigenvalue weighted by atomic mass is 9.97. The molecule has 1 fully saturated rings. The van der Waals surface area contributed by atoms with Gasteiger partial charge in [-0.15, -0.1) is 0 Å². The highest BCUT2D eigenvalue weighted by atomic mass is 32.2. The topological polar surface area (TPSA) is 113 Å². The molecule has 2 unspecified atom stereocenters. The molecule has 4 atom stereocenters. The first-order chi connectivity index (χ1) is 17.9. The Bertz CT molecular complexity index is 1370. The van der Waals surface area contributed by atoms with Crippen LogP contribution in [-0.4, -0.2) is 43.0 Å². The first-order valence-electron chi connectivity index (χ1n) is 12.7. The number of aromatic carboxylic acids is 1. The number of nitrogens with one attached hydrogen (secondary N) is 1. The van der Waals surface area contributed by atoms with E-state index in [1.807, 2.05) is 46.8 Å². The Morgan fingerprint density at radius 3 is 2.84 bits per heavy atom. The third-order valence-corrected chi connectivity index (χ3v) is 8.90. The van der Waals surface area contributed by atoms with E-state index in [2.05, 4.69) is 23.4 Å². The second kappa shape index (κ2) is 10.5. The van der Waals surface area contributed by atoms with Crippen LogP contribution in [0.25, 0.3) is 5.69 Å². The minimum absolute atomic E-state index is 0.0122. The van der Waals surface area contributed by atoms with Gasteiger partial charge in [0.15, 0.2) is 0 Å². The first kappa shape index (κ1) is 25.2. The number of carbonyl (C=O) groups is 1. The summed E-state index contributed by atoms with van der Waals surface area (Å²) in [5.74, 6) is -0.505. The van der Waals surface area contributed by atoms with Crippen molar-refractivity contribution in [1.29, 1.82) is 0 Å². The van der Waals surface area contributed by atoms with E-state index in [0.29, 0.717) is 23.9 Å². The molecule has 2 heterocycles. The zero-order valence-corrected chi connectivity index (χ0v) is 21.9. The molecule has 0 bridgehead atoms. The van der Waals surface area contributed by atoms with Crippen LogP contribution in [0.3, 0.4) is 0 Å². The van der Waals surface area contributed by atoms with Crippen molar-refractivity contribution in [3.8, 4) is 5.69 Å². The summed E-state index contributed by atoms with van der Waals surface area (Å²) in [6.07, 6.45) is 5.90. The van der Waals surface area contributed by atoms with Crippen molar-refractivity contribution >= 4 is 17.0 Å². The maximum absolute atomic E-state index is 13.6. The highest BCUT2D eigenvalue weighted by Gasteiger charge is 2.45. The van der Waals surface area contributed by atoms with Gasteiger partial charge in [-0.05, 0) is 48.1 Å². The molecule has 0 radical (unpaired) electrons. The Balaban J connectivity index is 1.45. The number of hydrogen-bond donors (Lipinski definition) is 3. The van der Waals surface area contributed by atoms with Crippen molar-refractivity contribution in [2.75, 3.05) is 13.6 Å². The van der Waals surface area contributed by atoms with Crippen molar-refractivity contribution in [3.05, 3.63) is 89.0 Å². The standard InChI is InChI=1S/C28H33N5O3S/c1-3-18-11-20-8-4-5-10-26(20)37(36)32(16-18)17-19-7-6-9-21(12-19)33-27(24(14-31-33)28(34)35)23-13-22(23)25(29)15-30-2/h4-10,12,14-15,18,22-23,30H,3,11,13,16-17,29H2,1-2H3,(H,34,35)/b25-15-/t18-,22?,23+,37?/m0/s1. The summed E-state index contributed by atoms with van der Waals surface area (Å²) in [4.78, 5) is 12.9. The molecular weight excluding hydrogens is 486 g/mol. The van der Waals surface area contributed by atoms with E-state index in [-0.39, 0.29) is 17.4 Å². The monoisotopic (exact) mass is 519 g/mol. The molecule has 1 aliphatic carbocycles. The van der Waals surface area contributed by atoms with Gasteiger partial charge in [0, 0.05) is 43.9 Å². The van der Waals surface area contributed by atoms with Gasteiger partial charge in [-0.2, -0.15) is 5.10 Å². The van der Waals surface area contributed by atoms with E-state index < -0.39 is 17.0 Å². The second-order valence-electron chi connectivity index (χ2n) is 9.87. The average molecular weight is 520 g/mol. The number of carboxylic acid groups (broad SMARTS) is 1. The van der Waals surface area contributed by atoms with Crippen molar-refractivity contribution in [2.45, 2.75) is 43.5 Å². The average Bonchev–Trinajstić information content (AvgIpc) is 3.59. The fourth-order valence-electron chi connectivity index (χ4n) is 5.32. The number of benzene rings is 2. The quantitative estimate of drug-likeness (QED) is 0.417. The van der Waals surface area contributed by atoms with E-state index >= 15 is 0 Å². The molecule has 1 aromatic heterocycles. The number of nitrogens with two attached hydrogens (primary N) is 1. The van der Waals surface area contributed by atoms with Crippen LogP contribution in [0.5, 0.6) is 0 Å². The third-order valence-electron chi connectivity index (χ3n) is 7.37. The van der Waals surface area contributed by atoms with Crippen LogP contribution in [0.1, 0.15) is 52.9 Å². The number of aromatic nitrogens is 2. The third kappa shape index (κ3) is 5.06. The molecule has 9 heteroatoms. The molecule has 4 N–H and O–H groups in total. The predicted molar refractivity (Wildman–Crippen MR) is 143 cm³/mol. The smallest absolute Gasteiger partial charge is 0.339 e. The zero-order valence-electron chi connectivity index (χ0n) is 21.1. The summed E-state index contributed by atoms with van der Waals surface area (Å²) in [6, 6.07) is 15.9. The number of allylic oxidation sites excluding steroid dienone is 1. The number of fused-ring (bicyclic) bond motifs is 1. The van der Waals surface area contributed by atoms with Crippen LogP contribution in [0.15, 0.2) is 71.5 Å². The summed E-state index contributed by atoms with van der Waals surface area (Å²) >= 11 is 0. The summed E-state index contributed by atoms with van der Waals surface area (Å²) in [7, 11) is 0.540. The summed E-state index contributed by atoms with van der Waals surface area (Å²) in [6.45, 7) is 3.46. The minimum atomic E-state index is -1.25. The van der Waals surface area contributed by atoms with Gasteiger partial charge in [-0.25, -0.2) is 18.0 Å². The zero-order chi connectivity index (χ0) is 26.1. The maximum Gasteiger partial charge on any atom is 0.339 e. The largest absolute Gasteiger partial charge is 0.478 e. The molecule has 1 aliphatic heterocycles. The van der Waals surface area contributed by atoms with Gasteiger partial charge in [0.2, 0.25) is 0 Å². The van der Waals surface area contributed by atoms with Gasteiger partial charge in [0.1, 0.15) is 16.5 Å². The summed E-state index contributed by atoms with van der Waals surface area (Å²) in [5.41, 5.74) is 10.7. The fourth-order valence-corrected chi connectivity index (χ4v) is 6.79. The van der Waals surface area contributed by atoms with Crippen LogP contribution in [-0.2, 0) is 24.0 Å². The molecule has 2 aromatic carbocycles. The number of carboxylic acids is 1. The SMILES string of the molecule is CC[C@H]1Cc2ccccc2S(=O)N(Cc2cccc(-n3ncc(C(=O)O)c3[C@@H]3CC3/C(N)=C/NC)c2)C1. The van der Waals surface area contributed by atoms with Crippen molar-refractivity contribution < 1.29 is 14.1 Å². The molecule has 0 amide bonds. The number of rotatable bonds is 8.